The third kappa shape index (κ3) is 6.00. The maximum Gasteiger partial charge on any atom is 0.319 e. The zero-order chi connectivity index (χ0) is 27.4. The van der Waals surface area contributed by atoms with Crippen LogP contribution in [-0.4, -0.2) is 75.3 Å². The van der Waals surface area contributed by atoms with Gasteiger partial charge in [0.2, 0.25) is 0 Å². The predicted molar refractivity (Wildman–Crippen MR) is 148 cm³/mol. The van der Waals surface area contributed by atoms with Gasteiger partial charge in [0.05, 0.1) is 30.6 Å². The number of aliphatic hydroxyl groups is 1. The van der Waals surface area contributed by atoms with Crippen LogP contribution in [0.5, 0.6) is 0 Å². The third-order valence-electron chi connectivity index (χ3n) is 6.51. The molecule has 3 aromatic heterocycles. The summed E-state index contributed by atoms with van der Waals surface area (Å²) in [6.07, 6.45) is 6.51. The second-order valence-electron chi connectivity index (χ2n) is 9.42. The molecule has 5 rings (SSSR count). The predicted octanol–water partition coefficient (Wildman–Crippen LogP) is 3.42. The Bertz CT molecular complexity index is 1480. The third-order valence-corrected chi connectivity index (χ3v) is 6.51. The summed E-state index contributed by atoms with van der Waals surface area (Å²) in [7, 11) is 0. The standard InChI is InChI=1S/C28H31N7O4/c1-18(36)15-31-28(38)33-23-5-3-4-22(19(23)2)21-14-24(26-29-8-9-35(26)17-21)32-25-7-6-20(16-30-25)27(37)34-10-12-39-13-11-34/h3-9,14,16-18,36H,10-13,15H2,1-2H3,(H,30,32)(H2,31,33,38)/t18-/m0/s1. The van der Waals surface area contributed by atoms with E-state index in [0.717, 1.165) is 28.0 Å². The van der Waals surface area contributed by atoms with Crippen molar-refractivity contribution in [2.24, 2.45) is 0 Å². The smallest absolute Gasteiger partial charge is 0.319 e. The number of nitrogens with zero attached hydrogens (tertiary/aromatic N) is 4. The lowest BCUT2D eigenvalue weighted by molar-refractivity contribution is 0.0302. The number of anilines is 3. The molecule has 1 fully saturated rings. The summed E-state index contributed by atoms with van der Waals surface area (Å²) in [6.45, 7) is 5.95. The zero-order valence-electron chi connectivity index (χ0n) is 21.8. The fraction of sp³-hybridized carbons (Fsp3) is 0.286. The number of nitrogens with one attached hydrogen (secondary N) is 3. The van der Waals surface area contributed by atoms with E-state index in [0.29, 0.717) is 43.4 Å². The van der Waals surface area contributed by atoms with Crippen LogP contribution < -0.4 is 16.0 Å². The van der Waals surface area contributed by atoms with Gasteiger partial charge in [0.25, 0.3) is 5.91 Å². The maximum atomic E-state index is 12.8. The van der Waals surface area contributed by atoms with E-state index in [4.69, 9.17) is 4.74 Å². The quantitative estimate of drug-likeness (QED) is 0.288. The molecule has 0 bridgehead atoms. The molecule has 11 heteroatoms. The fourth-order valence-corrected chi connectivity index (χ4v) is 4.44. The molecule has 202 valence electrons. The highest BCUT2D eigenvalue weighted by atomic mass is 16.5. The van der Waals surface area contributed by atoms with Gasteiger partial charge in [-0.3, -0.25) is 4.79 Å². The number of carbonyl (C=O) groups is 2. The van der Waals surface area contributed by atoms with Crippen LogP contribution in [0.15, 0.2) is 61.2 Å². The van der Waals surface area contributed by atoms with Gasteiger partial charge in [0.15, 0.2) is 5.65 Å². The Hall–Kier alpha value is -4.48. The Morgan fingerprint density at radius 1 is 1.13 bits per heavy atom. The largest absolute Gasteiger partial charge is 0.392 e. The molecular weight excluding hydrogens is 498 g/mol. The Labute approximate surface area is 225 Å². The molecule has 0 aliphatic carbocycles. The molecule has 4 aromatic rings. The first kappa shape index (κ1) is 26.1. The van der Waals surface area contributed by atoms with Crippen molar-refractivity contribution in [1.29, 1.82) is 0 Å². The minimum Gasteiger partial charge on any atom is -0.392 e. The number of hydrogen-bond acceptors (Lipinski definition) is 7. The molecule has 1 aromatic carbocycles. The number of pyridine rings is 2. The monoisotopic (exact) mass is 529 g/mol. The number of morpholine rings is 1. The lowest BCUT2D eigenvalue weighted by atomic mass is 10.00. The highest BCUT2D eigenvalue weighted by Crippen LogP contribution is 2.32. The maximum absolute atomic E-state index is 12.8. The van der Waals surface area contributed by atoms with Crippen LogP contribution in [0.25, 0.3) is 16.8 Å². The van der Waals surface area contributed by atoms with E-state index in [1.165, 1.54) is 0 Å². The Kier molecular flexibility index (Phi) is 7.71. The molecule has 0 saturated carbocycles. The molecule has 0 unspecified atom stereocenters. The van der Waals surface area contributed by atoms with E-state index in [1.807, 2.05) is 48.0 Å². The number of aliphatic hydroxyl groups excluding tert-OH is 1. The number of benzene rings is 1. The lowest BCUT2D eigenvalue weighted by Gasteiger charge is -2.26. The van der Waals surface area contributed by atoms with E-state index in [1.54, 1.807) is 36.4 Å². The number of aromatic nitrogens is 3. The highest BCUT2D eigenvalue weighted by molar-refractivity contribution is 5.94. The molecule has 1 saturated heterocycles. The van der Waals surface area contributed by atoms with E-state index < -0.39 is 6.10 Å². The van der Waals surface area contributed by atoms with Gasteiger partial charge in [-0.05, 0) is 49.2 Å². The summed E-state index contributed by atoms with van der Waals surface area (Å²) in [5.41, 5.74) is 5.38. The van der Waals surface area contributed by atoms with Gasteiger partial charge in [-0.15, -0.1) is 0 Å². The number of hydrogen-bond donors (Lipinski definition) is 4. The number of urea groups is 1. The second-order valence-corrected chi connectivity index (χ2v) is 9.42. The van der Waals surface area contributed by atoms with Crippen LogP contribution in [-0.2, 0) is 4.74 Å². The summed E-state index contributed by atoms with van der Waals surface area (Å²) in [4.78, 5) is 35.8. The Balaban J connectivity index is 1.39. The van der Waals surface area contributed by atoms with Crippen molar-refractivity contribution in [2.75, 3.05) is 43.5 Å². The number of rotatable bonds is 7. The van der Waals surface area contributed by atoms with Crippen LogP contribution in [0.3, 0.4) is 0 Å². The molecule has 1 aliphatic heterocycles. The Morgan fingerprint density at radius 3 is 2.69 bits per heavy atom. The zero-order valence-corrected chi connectivity index (χ0v) is 21.8. The molecule has 3 amide bonds. The second kappa shape index (κ2) is 11.5. The van der Waals surface area contributed by atoms with Crippen molar-refractivity contribution in [3.8, 4) is 11.1 Å². The van der Waals surface area contributed by atoms with Crippen molar-refractivity contribution in [1.82, 2.24) is 24.6 Å². The van der Waals surface area contributed by atoms with Crippen LogP contribution in [0.2, 0.25) is 0 Å². The summed E-state index contributed by atoms with van der Waals surface area (Å²) in [6, 6.07) is 10.8. The molecule has 1 aliphatic rings. The van der Waals surface area contributed by atoms with Gasteiger partial charge in [0.1, 0.15) is 5.82 Å². The molecule has 4 N–H and O–H groups in total. The SMILES string of the molecule is Cc1c(NC(=O)NC[C@H](C)O)cccc1-c1cc(Nc2ccc(C(=O)N3CCOCC3)cn2)c2nccn2c1. The van der Waals surface area contributed by atoms with Crippen LogP contribution in [0, 0.1) is 6.92 Å². The van der Waals surface area contributed by atoms with E-state index >= 15 is 0 Å². The minimum atomic E-state index is -0.632. The number of fused-ring (bicyclic) bond motifs is 1. The first-order valence-corrected chi connectivity index (χ1v) is 12.8. The number of carbonyl (C=O) groups excluding carboxylic acids is 2. The van der Waals surface area contributed by atoms with E-state index in [9.17, 15) is 14.7 Å². The van der Waals surface area contributed by atoms with Crippen molar-refractivity contribution in [3.05, 3.63) is 72.3 Å². The average molecular weight is 530 g/mol. The van der Waals surface area contributed by atoms with Gasteiger partial charge in [-0.1, -0.05) is 12.1 Å². The van der Waals surface area contributed by atoms with Crippen molar-refractivity contribution in [2.45, 2.75) is 20.0 Å². The normalized spacial score (nSPS) is 14.2. The number of amides is 3. The van der Waals surface area contributed by atoms with Crippen LogP contribution >= 0.6 is 0 Å². The molecule has 0 radical (unpaired) electrons. The van der Waals surface area contributed by atoms with Crippen molar-refractivity contribution < 1.29 is 19.4 Å². The first-order chi connectivity index (χ1) is 18.9. The topological polar surface area (TPSA) is 133 Å². The minimum absolute atomic E-state index is 0.0569. The van der Waals surface area contributed by atoms with Gasteiger partial charge in [-0.2, -0.15) is 0 Å². The summed E-state index contributed by atoms with van der Waals surface area (Å²) in [5, 5.41) is 18.3. The van der Waals surface area contributed by atoms with Crippen LogP contribution in [0.4, 0.5) is 22.0 Å². The van der Waals surface area contributed by atoms with Gasteiger partial charge < -0.3 is 35.1 Å². The molecule has 1 atom stereocenters. The molecular formula is C28H31N7O4. The first-order valence-electron chi connectivity index (χ1n) is 12.8. The van der Waals surface area contributed by atoms with Crippen molar-refractivity contribution in [3.63, 3.8) is 0 Å². The van der Waals surface area contributed by atoms with Gasteiger partial charge in [-0.25, -0.2) is 14.8 Å². The van der Waals surface area contributed by atoms with Crippen molar-refractivity contribution >= 4 is 34.8 Å². The summed E-state index contributed by atoms with van der Waals surface area (Å²) >= 11 is 0. The lowest BCUT2D eigenvalue weighted by Crippen LogP contribution is -2.40. The van der Waals surface area contributed by atoms with Gasteiger partial charge in [0, 0.05) is 55.7 Å². The summed E-state index contributed by atoms with van der Waals surface area (Å²) < 4.78 is 7.25. The van der Waals surface area contributed by atoms with E-state index in [-0.39, 0.29) is 18.5 Å². The average Bonchev–Trinajstić information content (AvgIpc) is 3.43. The Morgan fingerprint density at radius 2 is 1.95 bits per heavy atom. The number of ether oxygens (including phenoxy) is 1. The fourth-order valence-electron chi connectivity index (χ4n) is 4.44. The van der Waals surface area contributed by atoms with Crippen LogP contribution in [0.1, 0.15) is 22.8 Å². The molecule has 11 nitrogen and oxygen atoms in total. The highest BCUT2D eigenvalue weighted by Gasteiger charge is 2.19. The van der Waals surface area contributed by atoms with E-state index in [2.05, 4.69) is 25.9 Å². The summed E-state index contributed by atoms with van der Waals surface area (Å²) in [5.74, 6) is 0.524. The molecule has 0 spiro atoms. The number of imidazole rings is 1. The molecule has 4 heterocycles. The van der Waals surface area contributed by atoms with Gasteiger partial charge >= 0.3 is 6.03 Å². The molecule has 39 heavy (non-hydrogen) atoms.